The molecule has 1 atom stereocenters. The van der Waals surface area contributed by atoms with Crippen molar-refractivity contribution in [2.45, 2.75) is 12.8 Å². The van der Waals surface area contributed by atoms with Crippen molar-refractivity contribution in [2.75, 3.05) is 6.54 Å². The Balaban J connectivity index is 1.86. The largest absolute Gasteiger partial charge is 0.273 e. The van der Waals surface area contributed by atoms with Gasteiger partial charge in [-0.3, -0.25) is 14.5 Å². The maximum absolute atomic E-state index is 12.1. The molecule has 1 unspecified atom stereocenters. The highest BCUT2D eigenvalue weighted by atomic mass is 16.2. The van der Waals surface area contributed by atoms with Gasteiger partial charge in [0.2, 0.25) is 0 Å². The summed E-state index contributed by atoms with van der Waals surface area (Å²) in [7, 11) is 0. The third-order valence-electron chi connectivity index (χ3n) is 3.61. The minimum absolute atomic E-state index is 0.216. The van der Waals surface area contributed by atoms with Crippen LogP contribution in [0, 0.1) is 23.2 Å². The lowest BCUT2D eigenvalue weighted by molar-refractivity contribution is 0.0636. The highest BCUT2D eigenvalue weighted by molar-refractivity contribution is 6.21. The molecule has 4 heteroatoms. The molecule has 1 fully saturated rings. The molecule has 2 amide bonds. The molecule has 1 aliphatic carbocycles. The molecule has 1 saturated carbocycles. The molecule has 1 aromatic carbocycles. The van der Waals surface area contributed by atoms with Gasteiger partial charge in [-0.15, -0.1) is 0 Å². The molecule has 4 nitrogen and oxygen atoms in total. The zero-order valence-electron chi connectivity index (χ0n) is 9.80. The van der Waals surface area contributed by atoms with E-state index in [0.717, 1.165) is 12.8 Å². The number of fused-ring (bicyclic) bond motifs is 1. The van der Waals surface area contributed by atoms with Gasteiger partial charge in [-0.05, 0) is 30.9 Å². The van der Waals surface area contributed by atoms with Crippen LogP contribution < -0.4 is 0 Å². The lowest BCUT2D eigenvalue weighted by atomic mass is 10.1. The normalized spacial score (nSPS) is 19.6. The molecule has 0 spiro atoms. The van der Waals surface area contributed by atoms with Crippen molar-refractivity contribution in [2.24, 2.45) is 11.8 Å². The summed E-state index contributed by atoms with van der Waals surface area (Å²) in [6.45, 7) is 0.230. The molecule has 90 valence electrons. The minimum atomic E-state index is -0.267. The first kappa shape index (κ1) is 11.0. The van der Waals surface area contributed by atoms with Crippen LogP contribution in [0.1, 0.15) is 33.6 Å². The standard InChI is InChI=1S/C14H12N2O2/c15-7-10(9-5-6-9)8-16-13(17)11-3-1-2-4-12(11)14(16)18/h1-4,9-10H,5-6,8H2. The van der Waals surface area contributed by atoms with Gasteiger partial charge in [-0.2, -0.15) is 5.26 Å². The fourth-order valence-electron chi connectivity index (χ4n) is 2.40. The van der Waals surface area contributed by atoms with Gasteiger partial charge in [0, 0.05) is 6.54 Å². The van der Waals surface area contributed by atoms with Gasteiger partial charge in [-0.1, -0.05) is 12.1 Å². The van der Waals surface area contributed by atoms with Crippen molar-refractivity contribution < 1.29 is 9.59 Å². The van der Waals surface area contributed by atoms with Gasteiger partial charge < -0.3 is 0 Å². The van der Waals surface area contributed by atoms with Crippen LogP contribution in [0.15, 0.2) is 24.3 Å². The molecule has 0 N–H and O–H groups in total. The number of nitriles is 1. The van der Waals surface area contributed by atoms with Gasteiger partial charge in [0.05, 0.1) is 23.1 Å². The Hall–Kier alpha value is -2.15. The van der Waals surface area contributed by atoms with Crippen LogP contribution in [-0.4, -0.2) is 23.3 Å². The lowest BCUT2D eigenvalue weighted by Crippen LogP contribution is -2.34. The Morgan fingerprint density at radius 2 is 1.78 bits per heavy atom. The van der Waals surface area contributed by atoms with Crippen LogP contribution in [0.25, 0.3) is 0 Å². The zero-order valence-corrected chi connectivity index (χ0v) is 9.80. The molecule has 3 rings (SSSR count). The number of hydrogen-bond acceptors (Lipinski definition) is 3. The molecule has 1 aromatic rings. The van der Waals surface area contributed by atoms with E-state index in [9.17, 15) is 9.59 Å². The number of carbonyl (C=O) groups is 2. The number of imide groups is 1. The second-order valence-corrected chi connectivity index (χ2v) is 4.84. The molecule has 0 saturated heterocycles. The molecule has 0 radical (unpaired) electrons. The summed E-state index contributed by atoms with van der Waals surface area (Å²) < 4.78 is 0. The van der Waals surface area contributed by atoms with Crippen molar-refractivity contribution in [1.82, 2.24) is 4.90 Å². The average Bonchev–Trinajstić information content (AvgIpc) is 3.20. The molecule has 1 aliphatic heterocycles. The van der Waals surface area contributed by atoms with E-state index in [1.54, 1.807) is 24.3 Å². The van der Waals surface area contributed by atoms with Crippen LogP contribution in [0.3, 0.4) is 0 Å². The summed E-state index contributed by atoms with van der Waals surface area (Å²) in [6, 6.07) is 9.03. The van der Waals surface area contributed by atoms with Crippen LogP contribution >= 0.6 is 0 Å². The molecule has 0 aromatic heterocycles. The Bertz CT molecular complexity index is 534. The van der Waals surface area contributed by atoms with Crippen molar-refractivity contribution >= 4 is 11.8 Å². The number of nitrogens with zero attached hydrogens (tertiary/aromatic N) is 2. The minimum Gasteiger partial charge on any atom is -0.273 e. The van der Waals surface area contributed by atoms with Crippen LogP contribution in [0.2, 0.25) is 0 Å². The smallest absolute Gasteiger partial charge is 0.261 e. The molecular formula is C14H12N2O2. The molecule has 18 heavy (non-hydrogen) atoms. The van der Waals surface area contributed by atoms with E-state index in [4.69, 9.17) is 5.26 Å². The van der Waals surface area contributed by atoms with E-state index >= 15 is 0 Å². The maximum atomic E-state index is 12.1. The number of hydrogen-bond donors (Lipinski definition) is 0. The summed E-state index contributed by atoms with van der Waals surface area (Å²) in [4.78, 5) is 25.4. The molecule has 2 aliphatic rings. The SMILES string of the molecule is N#CC(CN1C(=O)c2ccccc2C1=O)C1CC1. The maximum Gasteiger partial charge on any atom is 0.261 e. The van der Waals surface area contributed by atoms with Crippen LogP contribution in [0.5, 0.6) is 0 Å². The van der Waals surface area contributed by atoms with E-state index < -0.39 is 0 Å². The Morgan fingerprint density at radius 3 is 2.22 bits per heavy atom. The van der Waals surface area contributed by atoms with E-state index in [-0.39, 0.29) is 24.3 Å². The van der Waals surface area contributed by atoms with E-state index in [2.05, 4.69) is 6.07 Å². The topological polar surface area (TPSA) is 61.2 Å². The van der Waals surface area contributed by atoms with Crippen molar-refractivity contribution in [3.8, 4) is 6.07 Å². The predicted octanol–water partition coefficient (Wildman–Crippen LogP) is 1.83. The van der Waals surface area contributed by atoms with Crippen molar-refractivity contribution in [3.63, 3.8) is 0 Å². The first-order chi connectivity index (χ1) is 8.72. The summed E-state index contributed by atoms with van der Waals surface area (Å²) in [6.07, 6.45) is 2.06. The summed E-state index contributed by atoms with van der Waals surface area (Å²) in [5.74, 6) is -0.389. The summed E-state index contributed by atoms with van der Waals surface area (Å²) in [5, 5.41) is 9.09. The van der Waals surface area contributed by atoms with Gasteiger partial charge in [0.1, 0.15) is 0 Å². The van der Waals surface area contributed by atoms with Crippen molar-refractivity contribution in [1.29, 1.82) is 5.26 Å². The summed E-state index contributed by atoms with van der Waals surface area (Å²) >= 11 is 0. The van der Waals surface area contributed by atoms with Crippen molar-refractivity contribution in [3.05, 3.63) is 35.4 Å². The number of amides is 2. The Morgan fingerprint density at radius 1 is 1.22 bits per heavy atom. The predicted molar refractivity (Wildman–Crippen MR) is 63.6 cm³/mol. The first-order valence-corrected chi connectivity index (χ1v) is 6.07. The fourth-order valence-corrected chi connectivity index (χ4v) is 2.40. The van der Waals surface area contributed by atoms with E-state index in [0.29, 0.717) is 17.0 Å². The van der Waals surface area contributed by atoms with Gasteiger partial charge in [-0.25, -0.2) is 0 Å². The summed E-state index contributed by atoms with van der Waals surface area (Å²) in [5.41, 5.74) is 0.907. The molecule has 1 heterocycles. The second-order valence-electron chi connectivity index (χ2n) is 4.84. The van der Waals surface area contributed by atoms with Gasteiger partial charge in [0.15, 0.2) is 0 Å². The van der Waals surface area contributed by atoms with Gasteiger partial charge >= 0.3 is 0 Å². The third kappa shape index (κ3) is 1.60. The number of carbonyl (C=O) groups excluding carboxylic acids is 2. The molecule has 0 bridgehead atoms. The number of rotatable bonds is 3. The highest BCUT2D eigenvalue weighted by Gasteiger charge is 2.40. The monoisotopic (exact) mass is 240 g/mol. The second kappa shape index (κ2) is 3.95. The molecular weight excluding hydrogens is 228 g/mol. The third-order valence-corrected chi connectivity index (χ3v) is 3.61. The Kier molecular flexibility index (Phi) is 2.41. The number of benzene rings is 1. The van der Waals surface area contributed by atoms with Crippen LogP contribution in [0.4, 0.5) is 0 Å². The fraction of sp³-hybridized carbons (Fsp3) is 0.357. The lowest BCUT2D eigenvalue weighted by Gasteiger charge is -2.16. The Labute approximate surface area is 105 Å². The van der Waals surface area contributed by atoms with Gasteiger partial charge in [0.25, 0.3) is 11.8 Å². The van der Waals surface area contributed by atoms with E-state index in [1.807, 2.05) is 0 Å². The quantitative estimate of drug-likeness (QED) is 0.757. The average molecular weight is 240 g/mol. The highest BCUT2D eigenvalue weighted by Crippen LogP contribution is 2.37. The van der Waals surface area contributed by atoms with E-state index in [1.165, 1.54) is 4.90 Å². The first-order valence-electron chi connectivity index (χ1n) is 6.07. The zero-order chi connectivity index (χ0) is 12.7. The van der Waals surface area contributed by atoms with Crippen LogP contribution in [-0.2, 0) is 0 Å².